The molecular formula is C92H100N30O18Si. The highest BCUT2D eigenvalue weighted by molar-refractivity contribution is 6.66. The number of hydrogen-bond donors (Lipinski definition) is 18. The van der Waals surface area contributed by atoms with Crippen molar-refractivity contribution in [2.75, 3.05) is 65.8 Å². The maximum Gasteiger partial charge on any atom is 0.603 e. The molecule has 0 saturated carbocycles. The zero-order valence-corrected chi connectivity index (χ0v) is 76.7. The van der Waals surface area contributed by atoms with Gasteiger partial charge in [-0.05, 0) is 36.8 Å². The third-order valence-corrected chi connectivity index (χ3v) is 26.7. The summed E-state index contributed by atoms with van der Waals surface area (Å²) < 4.78 is 35.1. The van der Waals surface area contributed by atoms with E-state index in [1.807, 2.05) is 106 Å². The lowest BCUT2D eigenvalue weighted by molar-refractivity contribution is -0.141. The minimum absolute atomic E-state index is 0.0324. The molecule has 20 N–H and O–H groups in total. The molecule has 4 aromatic heterocycles. The van der Waals surface area contributed by atoms with Crippen molar-refractivity contribution >= 4 is 148 Å². The van der Waals surface area contributed by atoms with Gasteiger partial charge in [-0.3, -0.25) is 76.8 Å². The summed E-state index contributed by atoms with van der Waals surface area (Å²) in [6.45, 7) is -2.08. The van der Waals surface area contributed by atoms with Crippen molar-refractivity contribution in [3.05, 3.63) is 226 Å². The van der Waals surface area contributed by atoms with E-state index < -0.39 is 154 Å². The molecule has 8 atom stereocenters. The number of carbonyl (C=O) groups is 12. The van der Waals surface area contributed by atoms with Gasteiger partial charge in [0.1, 0.15) is 70.9 Å². The monoisotopic (exact) mass is 1940 g/mol. The van der Waals surface area contributed by atoms with Gasteiger partial charge in [-0.25, -0.2) is 39.3 Å². The minimum Gasteiger partial charge on any atom is -0.481 e. The molecule has 48 nitrogen and oxygen atoms in total. The van der Waals surface area contributed by atoms with Crippen LogP contribution in [0.4, 0.5) is 11.6 Å². The number of hydrogen-bond acceptors (Lipinski definition) is 28. The number of amidine groups is 4. The van der Waals surface area contributed by atoms with Gasteiger partial charge in [-0.15, -0.1) is 10.2 Å². The Morgan fingerprint density at radius 1 is 0.390 bits per heavy atom. The van der Waals surface area contributed by atoms with Crippen LogP contribution in [0.1, 0.15) is 83.3 Å². The van der Waals surface area contributed by atoms with Gasteiger partial charge in [-0.1, -0.05) is 168 Å². The predicted octanol–water partition coefficient (Wildman–Crippen LogP) is -2.79. The number of fused-ring (bicyclic) bond motifs is 14. The van der Waals surface area contributed by atoms with Crippen molar-refractivity contribution in [2.45, 2.75) is 126 Å². The van der Waals surface area contributed by atoms with Crippen molar-refractivity contribution in [1.29, 1.82) is 10.8 Å². The number of benzene rings is 6. The molecule has 6 aromatic carbocycles. The first-order valence-corrected chi connectivity index (χ1v) is 47.1. The van der Waals surface area contributed by atoms with E-state index in [0.29, 0.717) is 101 Å². The third kappa shape index (κ3) is 23.6. The molecule has 0 unspecified atom stereocenters. The van der Waals surface area contributed by atoms with Gasteiger partial charge >= 0.3 is 20.8 Å². The first-order valence-electron chi connectivity index (χ1n) is 45.4. The average Bonchev–Trinajstić information content (AvgIpc) is 1.53. The van der Waals surface area contributed by atoms with Crippen LogP contribution in [0.3, 0.4) is 0 Å². The molecular weight excluding hydrogens is 1840 g/mol. The normalized spacial score (nSPS) is 20.5. The lowest BCUT2D eigenvalue weighted by atomic mass is 10.0. The first-order chi connectivity index (χ1) is 68.3. The molecule has 10 aromatic rings. The Hall–Kier alpha value is -16.8. The summed E-state index contributed by atoms with van der Waals surface area (Å²) in [7, 11) is -4.90. The Bertz CT molecular complexity index is 6410. The quantitative estimate of drug-likeness (QED) is 0.00839. The number of carbonyl (C=O) groups excluding carboxylic acids is 10. The molecule has 10 heterocycles. The van der Waals surface area contributed by atoms with E-state index in [0.717, 1.165) is 0 Å². The highest BCUT2D eigenvalue weighted by atomic mass is 28.4. The van der Waals surface area contributed by atoms with E-state index in [1.165, 1.54) is 21.8 Å². The number of amides is 10. The van der Waals surface area contributed by atoms with Gasteiger partial charge in [0.2, 0.25) is 59.1 Å². The fourth-order valence-electron chi connectivity index (χ4n) is 16.8. The van der Waals surface area contributed by atoms with E-state index in [2.05, 4.69) is 84.4 Å². The van der Waals surface area contributed by atoms with Gasteiger partial charge in [0.15, 0.2) is 35.3 Å². The number of nitrogens with two attached hydrogens (primary N) is 2. The van der Waals surface area contributed by atoms with Gasteiger partial charge in [-0.2, -0.15) is 0 Å². The van der Waals surface area contributed by atoms with Crippen LogP contribution in [0.2, 0.25) is 0 Å². The molecule has 0 radical (unpaired) electrons. The average molecular weight is 1940 g/mol. The molecule has 2 saturated heterocycles. The number of aliphatic carboxylic acids is 2. The zero-order valence-electron chi connectivity index (χ0n) is 75.7. The summed E-state index contributed by atoms with van der Waals surface area (Å²) in [5, 5.41) is 85.8. The number of aromatic nitrogens is 8. The fraction of sp³-hybridized carbons (Fsp3) is 0.326. The van der Waals surface area contributed by atoms with Gasteiger partial charge in [0.05, 0.1) is 90.0 Å². The van der Waals surface area contributed by atoms with Crippen LogP contribution in [0.15, 0.2) is 200 Å². The molecule has 49 heteroatoms. The maximum atomic E-state index is 14.8. The predicted molar refractivity (Wildman–Crippen MR) is 507 cm³/mol. The number of carboxylic acids is 2. The lowest BCUT2D eigenvalue weighted by Gasteiger charge is -2.33. The van der Waals surface area contributed by atoms with Crippen molar-refractivity contribution < 1.29 is 86.1 Å². The highest BCUT2D eigenvalue weighted by Gasteiger charge is 2.54. The first kappa shape index (κ1) is 97.3. The second kappa shape index (κ2) is 44.6. The summed E-state index contributed by atoms with van der Waals surface area (Å²) in [6.07, 6.45) is 0.366. The van der Waals surface area contributed by atoms with Gasteiger partial charge in [0, 0.05) is 95.0 Å². The maximum absolute atomic E-state index is 14.8. The van der Waals surface area contributed by atoms with Crippen LogP contribution < -0.4 is 86.2 Å². The van der Waals surface area contributed by atoms with Crippen molar-refractivity contribution in [3.63, 3.8) is 0 Å². The third-order valence-electron chi connectivity index (χ3n) is 23.5. The Labute approximate surface area is 802 Å². The smallest absolute Gasteiger partial charge is 0.481 e. The van der Waals surface area contributed by atoms with E-state index in [-0.39, 0.29) is 140 Å². The topological polar surface area (TPSA) is 672 Å². The zero-order chi connectivity index (χ0) is 98.8. The Morgan fingerprint density at radius 3 is 1.11 bits per heavy atom. The Morgan fingerprint density at radius 2 is 0.730 bits per heavy atom. The lowest BCUT2D eigenvalue weighted by Crippen LogP contribution is -2.64. The SMILES string of the molecule is N=C(N)NCCC[C@@H]1NC(=O)[C@H](Cc2cn(CCOCCO[Si]3(OCCOCCn4cc(C[C@@H]5NC(=O)[C@@H](Cc6ccccc6)NC(=O)[C@H](CC(=O)O)NC(=O)CNC(=O)[C@H](CCCNC(=N)N)NC5=O)nn4)n4c5c6ccccc6c4N=C4N=C(N=c6c7ccccc7c(n63)=NC3=NC(=N5)c5ccccc53)c3ccccc34)nn2)NC(=O)[C@@H](Cc2ccccc2)NC(=O)[C@H](CC(=O)O)NC(=O)CNC1=O. The summed E-state index contributed by atoms with van der Waals surface area (Å²) in [4.78, 5) is 199. The van der Waals surface area contributed by atoms with E-state index in [4.69, 9.17) is 70.6 Å². The van der Waals surface area contributed by atoms with Gasteiger partial charge in [0.25, 0.3) is 0 Å². The van der Waals surface area contributed by atoms with Gasteiger partial charge < -0.3 is 104 Å². The second-order valence-electron chi connectivity index (χ2n) is 33.5. The van der Waals surface area contributed by atoms with Crippen LogP contribution in [0.5, 0.6) is 0 Å². The number of guanidine groups is 2. The number of nitrogens with zero attached hydrogens (tertiary/aromatic N) is 14. The number of nitrogens with one attached hydrogen (secondary N) is 14. The standard InChI is InChI=1S/C92H100N30O18Si/c93-91(94)97-31-15-29-63-83(129)99-47-71(123)101-69(45-73(125)126)89(135)105-65(41-51-17-3-1-4-18-51)85(131)107-67(87(133)103-63)43-53-49-119(117-115-53)33-35-137-37-39-139-141(121-79-59-25-11-12-26-60(59)81(121)113-77-57-23-9-10-24-58(57)78(110-77)114-82-62-28-14-13-27-61(62)80(122(82)141)112-76-56-22-8-7-21-55(56)75(109-76)111-79)140-40-38-138-36-34-120-50-54(116-118-120)44-68-88(134)104-64(30-16-32-98-92(95)96)84(130)100-48-72(124)102-70(46-74(127)128)90(136)106-66(86(132)108-68)42-52-19-5-2-6-20-52/h1-14,17-28,49-50,63-70H,15-16,29-48H2,(H,99,129)(H,100,130)(H,101,123)(H,102,124)(H,103,133)(H,104,134)(H,105,135)(H,106,136)(H,107,131)(H,108,132)(H,125,126)(H,127,128)(H4,93,94,97)(H4,95,96,98)/t63-,64-,65+,66+,67-,68-,69-,70-/m0/s1. The number of aliphatic imine (C=N–C) groups is 4. The molecule has 0 spiro atoms. The summed E-state index contributed by atoms with van der Waals surface area (Å²) in [5.41, 5.74) is 15.9. The fourth-order valence-corrected chi connectivity index (χ4v) is 20.1. The minimum atomic E-state index is -4.90. The molecule has 10 amide bonds. The Kier molecular flexibility index (Phi) is 30.7. The van der Waals surface area contributed by atoms with Crippen LogP contribution in [0.25, 0.3) is 21.5 Å². The molecule has 2 fully saturated rings. The van der Waals surface area contributed by atoms with E-state index >= 15 is 0 Å². The summed E-state index contributed by atoms with van der Waals surface area (Å²) in [6, 6.07) is 35.3. The summed E-state index contributed by atoms with van der Waals surface area (Å²) >= 11 is 0. The number of rotatable bonds is 34. The molecule has 16 rings (SSSR count). The molecule has 0 aliphatic carbocycles. The van der Waals surface area contributed by atoms with E-state index in [1.54, 1.807) is 60.7 Å². The molecule has 6 bridgehead atoms. The van der Waals surface area contributed by atoms with Crippen molar-refractivity contribution in [3.8, 4) is 0 Å². The largest absolute Gasteiger partial charge is 0.603 e. The van der Waals surface area contributed by atoms with Crippen LogP contribution in [-0.2, 0) is 115 Å². The number of carboxylic acid groups (broad SMARTS) is 2. The number of ether oxygens (including phenoxy) is 2. The molecule has 6 aliphatic rings. The van der Waals surface area contributed by atoms with Crippen LogP contribution in [-0.4, -0.2) is 278 Å². The second-order valence-corrected chi connectivity index (χ2v) is 36.1. The molecule has 141 heavy (non-hydrogen) atoms. The Balaban J connectivity index is 0.693. The highest BCUT2D eigenvalue weighted by Crippen LogP contribution is 2.44. The molecule has 730 valence electrons. The van der Waals surface area contributed by atoms with Crippen molar-refractivity contribution in [1.82, 2.24) is 102 Å². The van der Waals surface area contributed by atoms with Crippen LogP contribution >= 0.6 is 0 Å². The molecule has 6 aliphatic heterocycles. The van der Waals surface area contributed by atoms with E-state index in [9.17, 15) is 67.7 Å². The van der Waals surface area contributed by atoms with Crippen molar-refractivity contribution in [2.24, 2.45) is 41.4 Å². The van der Waals surface area contributed by atoms with Crippen LogP contribution in [0, 0.1) is 10.8 Å². The summed E-state index contributed by atoms with van der Waals surface area (Å²) in [5.74, 6) is -11.0.